The third kappa shape index (κ3) is 2.84. The molecule has 3 aromatic carbocycles. The Labute approximate surface area is 172 Å². The first-order valence-corrected chi connectivity index (χ1v) is 9.68. The lowest BCUT2D eigenvalue weighted by Crippen LogP contribution is -2.34. The molecular formula is C22H15Cl2FN2O. The van der Waals surface area contributed by atoms with Gasteiger partial charge in [-0.05, 0) is 35.9 Å². The minimum absolute atomic E-state index is 0.0590. The fraction of sp³-hybridized carbons (Fsp3) is 0.136. The summed E-state index contributed by atoms with van der Waals surface area (Å²) >= 11 is 12.4. The van der Waals surface area contributed by atoms with Crippen LogP contribution in [-0.4, -0.2) is 10.7 Å². The van der Waals surface area contributed by atoms with E-state index < -0.39 is 12.0 Å². The molecule has 0 unspecified atom stereocenters. The van der Waals surface area contributed by atoms with E-state index in [1.54, 1.807) is 12.1 Å². The first-order valence-electron chi connectivity index (χ1n) is 8.93. The molecular weight excluding hydrogens is 398 g/mol. The first kappa shape index (κ1) is 17.5. The van der Waals surface area contributed by atoms with Crippen molar-refractivity contribution in [3.8, 4) is 5.75 Å². The fourth-order valence-corrected chi connectivity index (χ4v) is 4.17. The highest BCUT2D eigenvalue weighted by molar-refractivity contribution is 6.31. The zero-order chi connectivity index (χ0) is 19.3. The van der Waals surface area contributed by atoms with Crippen LogP contribution in [0.25, 0.3) is 0 Å². The summed E-state index contributed by atoms with van der Waals surface area (Å²) in [5.74, 6) is 0.311. The molecule has 0 spiro atoms. The van der Waals surface area contributed by atoms with E-state index in [9.17, 15) is 4.39 Å². The fourth-order valence-electron chi connectivity index (χ4n) is 3.79. The maximum atomic E-state index is 14.7. The van der Waals surface area contributed by atoms with Gasteiger partial charge in [-0.1, -0.05) is 59.6 Å². The number of fused-ring (bicyclic) bond motifs is 3. The van der Waals surface area contributed by atoms with E-state index in [4.69, 9.17) is 33.0 Å². The van der Waals surface area contributed by atoms with Crippen molar-refractivity contribution in [3.05, 3.63) is 99.3 Å². The molecule has 140 valence electrons. The number of halogens is 3. The number of hydrogen-bond donors (Lipinski definition) is 0. The summed E-state index contributed by atoms with van der Waals surface area (Å²) < 4.78 is 20.8. The van der Waals surface area contributed by atoms with Gasteiger partial charge in [0.05, 0.1) is 22.3 Å². The van der Waals surface area contributed by atoms with Crippen molar-refractivity contribution in [2.24, 2.45) is 5.10 Å². The normalized spacial score (nSPS) is 20.2. The monoisotopic (exact) mass is 412 g/mol. The van der Waals surface area contributed by atoms with E-state index in [0.717, 1.165) is 22.6 Å². The quantitative estimate of drug-likeness (QED) is 0.487. The van der Waals surface area contributed by atoms with Crippen LogP contribution < -0.4 is 4.74 Å². The van der Waals surface area contributed by atoms with Crippen molar-refractivity contribution in [2.75, 3.05) is 0 Å². The number of rotatable bonds is 2. The van der Waals surface area contributed by atoms with E-state index in [1.807, 2.05) is 53.5 Å². The van der Waals surface area contributed by atoms with Crippen molar-refractivity contribution in [2.45, 2.75) is 18.7 Å². The predicted molar refractivity (Wildman–Crippen MR) is 108 cm³/mol. The molecule has 2 heterocycles. The van der Waals surface area contributed by atoms with Gasteiger partial charge in [0, 0.05) is 17.0 Å². The van der Waals surface area contributed by atoms with Gasteiger partial charge in [-0.2, -0.15) is 5.10 Å². The highest BCUT2D eigenvalue weighted by Gasteiger charge is 2.42. The van der Waals surface area contributed by atoms with Gasteiger partial charge in [-0.15, -0.1) is 0 Å². The molecule has 2 atom stereocenters. The van der Waals surface area contributed by atoms with Crippen molar-refractivity contribution >= 4 is 28.9 Å². The summed E-state index contributed by atoms with van der Waals surface area (Å²) in [7, 11) is 0. The molecule has 3 nitrogen and oxygen atoms in total. The topological polar surface area (TPSA) is 24.8 Å². The number of hydrazone groups is 1. The maximum Gasteiger partial charge on any atom is 0.218 e. The van der Waals surface area contributed by atoms with Crippen LogP contribution in [0.3, 0.4) is 0 Å². The molecule has 2 aliphatic rings. The number of benzene rings is 3. The molecule has 0 bridgehead atoms. The third-order valence-corrected chi connectivity index (χ3v) is 5.70. The van der Waals surface area contributed by atoms with Gasteiger partial charge in [-0.3, -0.25) is 0 Å². The lowest BCUT2D eigenvalue weighted by Gasteiger charge is -2.38. The van der Waals surface area contributed by atoms with E-state index in [2.05, 4.69) is 0 Å². The molecule has 28 heavy (non-hydrogen) atoms. The molecule has 0 fully saturated rings. The second-order valence-electron chi connectivity index (χ2n) is 6.80. The second-order valence-corrected chi connectivity index (χ2v) is 7.64. The summed E-state index contributed by atoms with van der Waals surface area (Å²) in [5.41, 5.74) is 3.21. The molecule has 0 N–H and O–H groups in total. The molecule has 0 saturated heterocycles. The Hall–Kier alpha value is -2.56. The van der Waals surface area contributed by atoms with Crippen molar-refractivity contribution in [1.82, 2.24) is 5.01 Å². The average Bonchev–Trinajstić information content (AvgIpc) is 3.14. The zero-order valence-electron chi connectivity index (χ0n) is 14.6. The lowest BCUT2D eigenvalue weighted by molar-refractivity contribution is -0.0211. The zero-order valence-corrected chi connectivity index (χ0v) is 16.2. The summed E-state index contributed by atoms with van der Waals surface area (Å²) in [6, 6.07) is 19.9. The predicted octanol–water partition coefficient (Wildman–Crippen LogP) is 6.37. The van der Waals surface area contributed by atoms with Gasteiger partial charge in [0.1, 0.15) is 11.6 Å². The number of nitrogens with zero attached hydrogens (tertiary/aromatic N) is 2. The Morgan fingerprint density at radius 2 is 1.75 bits per heavy atom. The largest absolute Gasteiger partial charge is 0.464 e. The minimum atomic E-state index is -0.738. The smallest absolute Gasteiger partial charge is 0.218 e. The molecule has 0 amide bonds. The van der Waals surface area contributed by atoms with E-state index in [1.165, 1.54) is 6.07 Å². The van der Waals surface area contributed by atoms with Gasteiger partial charge < -0.3 is 4.74 Å². The molecule has 5 rings (SSSR count). The molecule has 0 aliphatic carbocycles. The van der Waals surface area contributed by atoms with E-state index in [-0.39, 0.29) is 6.04 Å². The van der Waals surface area contributed by atoms with Crippen LogP contribution in [0.1, 0.15) is 35.4 Å². The Morgan fingerprint density at radius 3 is 2.54 bits per heavy atom. The van der Waals surface area contributed by atoms with Crippen LogP contribution >= 0.6 is 23.2 Å². The molecule has 6 heteroatoms. The van der Waals surface area contributed by atoms with Crippen molar-refractivity contribution in [1.29, 1.82) is 0 Å². The third-order valence-electron chi connectivity index (χ3n) is 5.12. The SMILES string of the molecule is Fc1cccc(Cl)c1[C@@H]1Oc2ccccc2[C@@H]2CC(c3ccc(Cl)cc3)=NN21. The Balaban J connectivity index is 1.63. The summed E-state index contributed by atoms with van der Waals surface area (Å²) in [6.45, 7) is 0. The Morgan fingerprint density at radius 1 is 0.964 bits per heavy atom. The van der Waals surface area contributed by atoms with Crippen molar-refractivity contribution in [3.63, 3.8) is 0 Å². The van der Waals surface area contributed by atoms with E-state index >= 15 is 0 Å². The molecule has 0 aromatic heterocycles. The van der Waals surface area contributed by atoms with E-state index in [0.29, 0.717) is 22.0 Å². The first-order chi connectivity index (χ1) is 13.6. The summed E-state index contributed by atoms with van der Waals surface area (Å²) in [5, 5.41) is 7.61. The van der Waals surface area contributed by atoms with Crippen LogP contribution in [0.5, 0.6) is 5.75 Å². The van der Waals surface area contributed by atoms with Crippen LogP contribution in [0.4, 0.5) is 4.39 Å². The second kappa shape index (κ2) is 6.80. The molecule has 3 aromatic rings. The standard InChI is InChI=1S/C22H15Cl2FN2O/c23-14-10-8-13(9-11-14)18-12-19-15-4-1-2-7-20(15)28-22(27(19)26-18)21-16(24)5-3-6-17(21)25/h1-11,19,22H,12H2/t19-,22-/m0/s1. The minimum Gasteiger partial charge on any atom is -0.464 e. The Bertz CT molecular complexity index is 1060. The highest BCUT2D eigenvalue weighted by Crippen LogP contribution is 2.48. The highest BCUT2D eigenvalue weighted by atomic mass is 35.5. The maximum absolute atomic E-state index is 14.7. The molecule has 2 aliphatic heterocycles. The van der Waals surface area contributed by atoms with Gasteiger partial charge in [0.15, 0.2) is 0 Å². The summed E-state index contributed by atoms with van der Waals surface area (Å²) in [4.78, 5) is 0. The van der Waals surface area contributed by atoms with Crippen LogP contribution in [0, 0.1) is 5.82 Å². The van der Waals surface area contributed by atoms with Crippen LogP contribution in [-0.2, 0) is 0 Å². The van der Waals surface area contributed by atoms with Gasteiger partial charge >= 0.3 is 0 Å². The number of para-hydroxylation sites is 1. The molecule has 0 saturated carbocycles. The van der Waals surface area contributed by atoms with Gasteiger partial charge in [-0.25, -0.2) is 9.40 Å². The summed E-state index contributed by atoms with van der Waals surface area (Å²) in [6.07, 6.45) is -0.0525. The average molecular weight is 413 g/mol. The van der Waals surface area contributed by atoms with Crippen LogP contribution in [0.15, 0.2) is 71.8 Å². The van der Waals surface area contributed by atoms with Gasteiger partial charge in [0.2, 0.25) is 6.23 Å². The lowest BCUT2D eigenvalue weighted by atomic mass is 9.96. The molecule has 0 radical (unpaired) electrons. The Kier molecular flexibility index (Phi) is 4.26. The number of hydrogen-bond acceptors (Lipinski definition) is 3. The van der Waals surface area contributed by atoms with Gasteiger partial charge in [0.25, 0.3) is 0 Å². The van der Waals surface area contributed by atoms with Crippen molar-refractivity contribution < 1.29 is 9.13 Å². The van der Waals surface area contributed by atoms with Crippen LogP contribution in [0.2, 0.25) is 10.0 Å². The number of ether oxygens (including phenoxy) is 1.